The number of nitrogens with zero attached hydrogens (tertiary/aromatic N) is 4. The van der Waals surface area contributed by atoms with Gasteiger partial charge in [-0.2, -0.15) is 15.1 Å². The van der Waals surface area contributed by atoms with E-state index < -0.39 is 5.91 Å². The first-order valence-electron chi connectivity index (χ1n) is 9.24. The number of aromatic nitrogens is 1. The van der Waals surface area contributed by atoms with Crippen LogP contribution < -0.4 is 0 Å². The average molecular weight is 426 g/mol. The first-order chi connectivity index (χ1) is 13.8. The third kappa shape index (κ3) is 3.34. The first-order valence-corrected chi connectivity index (χ1v) is 10.4. The Morgan fingerprint density at radius 3 is 2.69 bits per heavy atom. The summed E-state index contributed by atoms with van der Waals surface area (Å²) in [6, 6.07) is 7.93. The molecular formula is C21H20ClN5OS. The maximum Gasteiger partial charge on any atom is 0.283 e. The lowest BCUT2D eigenvalue weighted by atomic mass is 10.1. The Morgan fingerprint density at radius 2 is 2.00 bits per heavy atom. The van der Waals surface area contributed by atoms with Gasteiger partial charge < -0.3 is 4.57 Å². The lowest BCUT2D eigenvalue weighted by Gasteiger charge is -2.20. The number of halogens is 1. The number of benzene rings is 1. The normalized spacial score (nSPS) is 17.7. The zero-order valence-corrected chi connectivity index (χ0v) is 18.1. The zero-order chi connectivity index (χ0) is 20.9. The van der Waals surface area contributed by atoms with E-state index in [0.717, 1.165) is 39.7 Å². The van der Waals surface area contributed by atoms with Crippen LogP contribution in [0.4, 0.5) is 0 Å². The number of carbonyl (C=O) groups excluding carboxylic acids is 1. The molecule has 0 bridgehead atoms. The molecule has 3 heterocycles. The van der Waals surface area contributed by atoms with Crippen LogP contribution in [0.2, 0.25) is 5.02 Å². The molecule has 8 heteroatoms. The standard InChI is InChI=1S/C21H20ClN5OS/c1-5-18-25-27-19(23)16(20(28)24-21(27)29-18)9-14-8-12(3)26(13(14)4)15-7-6-11(2)17(22)10-15/h6-10,23H,5H2,1-4H3/b16-9-,23-19?. The summed E-state index contributed by atoms with van der Waals surface area (Å²) in [7, 11) is 0. The summed E-state index contributed by atoms with van der Waals surface area (Å²) in [5, 5.41) is 16.3. The Labute approximate surface area is 178 Å². The summed E-state index contributed by atoms with van der Waals surface area (Å²) in [6.45, 7) is 7.94. The van der Waals surface area contributed by atoms with Gasteiger partial charge in [0.25, 0.3) is 5.91 Å². The van der Waals surface area contributed by atoms with Gasteiger partial charge in [0, 0.05) is 22.1 Å². The van der Waals surface area contributed by atoms with Crippen molar-refractivity contribution in [3.8, 4) is 5.69 Å². The van der Waals surface area contributed by atoms with Crippen molar-refractivity contribution < 1.29 is 4.79 Å². The molecule has 1 amide bonds. The molecule has 1 aromatic heterocycles. The molecule has 2 aromatic rings. The predicted molar refractivity (Wildman–Crippen MR) is 120 cm³/mol. The molecule has 2 aliphatic rings. The van der Waals surface area contributed by atoms with Crippen molar-refractivity contribution >= 4 is 51.4 Å². The maximum absolute atomic E-state index is 12.6. The summed E-state index contributed by atoms with van der Waals surface area (Å²) in [6.07, 6.45) is 2.46. The monoisotopic (exact) mass is 425 g/mol. The number of hydrogen-bond acceptors (Lipinski definition) is 4. The van der Waals surface area contributed by atoms with Crippen LogP contribution >= 0.6 is 23.4 Å². The number of aryl methyl sites for hydroxylation is 2. The minimum atomic E-state index is -0.413. The van der Waals surface area contributed by atoms with Crippen LogP contribution in [0.15, 0.2) is 39.9 Å². The molecule has 0 radical (unpaired) electrons. The van der Waals surface area contributed by atoms with Gasteiger partial charge in [0.15, 0.2) is 5.84 Å². The third-order valence-electron chi connectivity index (χ3n) is 4.98. The number of thioether (sulfide) groups is 1. The van der Waals surface area contributed by atoms with Crippen molar-refractivity contribution in [1.82, 2.24) is 9.58 Å². The number of carbonyl (C=O) groups is 1. The van der Waals surface area contributed by atoms with Gasteiger partial charge in [0.05, 0.1) is 5.57 Å². The Morgan fingerprint density at radius 1 is 1.24 bits per heavy atom. The Hall–Kier alpha value is -2.64. The highest BCUT2D eigenvalue weighted by atomic mass is 35.5. The number of hydrazone groups is 1. The second-order valence-corrected chi connectivity index (χ2v) is 8.41. The van der Waals surface area contributed by atoms with Gasteiger partial charge in [-0.05, 0) is 74.4 Å². The van der Waals surface area contributed by atoms with Crippen LogP contribution in [-0.2, 0) is 4.79 Å². The summed E-state index contributed by atoms with van der Waals surface area (Å²) in [5.74, 6) is -0.358. The predicted octanol–water partition coefficient (Wildman–Crippen LogP) is 5.09. The second-order valence-electron chi connectivity index (χ2n) is 6.96. The van der Waals surface area contributed by atoms with Gasteiger partial charge in [0.1, 0.15) is 5.04 Å². The lowest BCUT2D eigenvalue weighted by Crippen LogP contribution is -2.35. The van der Waals surface area contributed by atoms with Crippen LogP contribution in [0.3, 0.4) is 0 Å². The van der Waals surface area contributed by atoms with E-state index in [1.54, 1.807) is 6.08 Å². The zero-order valence-electron chi connectivity index (χ0n) is 16.6. The van der Waals surface area contributed by atoms with Crippen molar-refractivity contribution in [3.63, 3.8) is 0 Å². The fourth-order valence-electron chi connectivity index (χ4n) is 3.38. The molecule has 0 atom stereocenters. The number of amides is 1. The molecule has 0 saturated heterocycles. The van der Waals surface area contributed by atoms with Gasteiger partial charge in [0.2, 0.25) is 5.17 Å². The number of aliphatic imine (C=N–C) groups is 1. The first kappa shape index (κ1) is 19.7. The average Bonchev–Trinajstić information content (AvgIpc) is 3.21. The molecule has 4 rings (SSSR count). The molecule has 6 nitrogen and oxygen atoms in total. The van der Waals surface area contributed by atoms with E-state index in [1.165, 1.54) is 16.8 Å². The Bertz CT molecular complexity index is 1160. The van der Waals surface area contributed by atoms with Gasteiger partial charge in [-0.1, -0.05) is 24.6 Å². The largest absolute Gasteiger partial charge is 0.318 e. The minimum Gasteiger partial charge on any atom is -0.318 e. The van der Waals surface area contributed by atoms with E-state index in [9.17, 15) is 4.79 Å². The molecule has 1 aromatic carbocycles. The molecule has 0 saturated carbocycles. The van der Waals surface area contributed by atoms with Gasteiger partial charge in [-0.15, -0.1) is 0 Å². The maximum atomic E-state index is 12.6. The van der Waals surface area contributed by atoms with E-state index in [4.69, 9.17) is 17.0 Å². The van der Waals surface area contributed by atoms with Crippen LogP contribution in [0.1, 0.15) is 35.9 Å². The molecule has 0 unspecified atom stereocenters. The highest BCUT2D eigenvalue weighted by Crippen LogP contribution is 2.31. The van der Waals surface area contributed by atoms with Crippen LogP contribution in [0.25, 0.3) is 11.8 Å². The summed E-state index contributed by atoms with van der Waals surface area (Å²) >= 11 is 7.65. The molecule has 0 spiro atoms. The van der Waals surface area contributed by atoms with E-state index in [0.29, 0.717) is 10.2 Å². The van der Waals surface area contributed by atoms with Crippen LogP contribution in [-0.4, -0.2) is 31.5 Å². The lowest BCUT2D eigenvalue weighted by molar-refractivity contribution is -0.114. The molecular weight excluding hydrogens is 406 g/mol. The van der Waals surface area contributed by atoms with Gasteiger partial charge in [-0.3, -0.25) is 10.2 Å². The molecule has 148 valence electrons. The summed E-state index contributed by atoms with van der Waals surface area (Å²) in [5.41, 5.74) is 5.04. The fourth-order valence-corrected chi connectivity index (χ4v) is 4.38. The van der Waals surface area contributed by atoms with Crippen LogP contribution in [0, 0.1) is 26.2 Å². The van der Waals surface area contributed by atoms with E-state index in [2.05, 4.69) is 14.7 Å². The van der Waals surface area contributed by atoms with E-state index >= 15 is 0 Å². The third-order valence-corrected chi connectivity index (χ3v) is 6.44. The number of hydrogen-bond donors (Lipinski definition) is 1. The highest BCUT2D eigenvalue weighted by molar-refractivity contribution is 8.26. The van der Waals surface area contributed by atoms with Crippen molar-refractivity contribution in [3.05, 3.63) is 57.4 Å². The van der Waals surface area contributed by atoms with Crippen molar-refractivity contribution in [2.45, 2.75) is 34.1 Å². The smallest absolute Gasteiger partial charge is 0.283 e. The van der Waals surface area contributed by atoms with E-state index in [-0.39, 0.29) is 11.4 Å². The van der Waals surface area contributed by atoms with Crippen molar-refractivity contribution in [1.29, 1.82) is 5.41 Å². The number of fused-ring (bicyclic) bond motifs is 1. The summed E-state index contributed by atoms with van der Waals surface area (Å²) < 4.78 is 2.09. The topological polar surface area (TPSA) is 73.8 Å². The highest BCUT2D eigenvalue weighted by Gasteiger charge is 2.35. The number of amidine groups is 2. The van der Waals surface area contributed by atoms with Crippen molar-refractivity contribution in [2.75, 3.05) is 0 Å². The Kier molecular flexibility index (Phi) is 4.96. The molecule has 0 aliphatic carbocycles. The molecule has 29 heavy (non-hydrogen) atoms. The number of rotatable bonds is 3. The van der Waals surface area contributed by atoms with Gasteiger partial charge in [-0.25, -0.2) is 0 Å². The SMILES string of the molecule is CCC1=NN2C(=N)/C(=C/c3cc(C)n(-c4ccc(C)c(Cl)c4)c3C)C(=O)N=C2S1. The van der Waals surface area contributed by atoms with E-state index in [1.807, 2.05) is 52.0 Å². The van der Waals surface area contributed by atoms with Gasteiger partial charge >= 0.3 is 0 Å². The molecule has 2 aliphatic heterocycles. The Balaban J connectivity index is 1.76. The minimum absolute atomic E-state index is 0.0548. The summed E-state index contributed by atoms with van der Waals surface area (Å²) in [4.78, 5) is 16.7. The fraction of sp³-hybridized carbons (Fsp3) is 0.238. The second kappa shape index (κ2) is 7.31. The molecule has 1 N–H and O–H groups in total. The quantitative estimate of drug-likeness (QED) is 0.696. The van der Waals surface area contributed by atoms with Crippen LogP contribution in [0.5, 0.6) is 0 Å². The number of nitrogens with one attached hydrogen (secondary N) is 1. The molecule has 0 fully saturated rings. The van der Waals surface area contributed by atoms with Crippen molar-refractivity contribution in [2.24, 2.45) is 10.1 Å².